The van der Waals surface area contributed by atoms with Crippen molar-refractivity contribution in [2.24, 2.45) is 0 Å². The number of fused-ring (bicyclic) bond motifs is 1. The smallest absolute Gasteiger partial charge is 0.237 e. The minimum atomic E-state index is -0.196. The summed E-state index contributed by atoms with van der Waals surface area (Å²) >= 11 is 5.46. The number of methoxy groups -OCH3 is 1. The molecule has 0 aliphatic carbocycles. The summed E-state index contributed by atoms with van der Waals surface area (Å²) in [6, 6.07) is 17.4. The van der Waals surface area contributed by atoms with Crippen molar-refractivity contribution in [2.45, 2.75) is 43.9 Å². The molecule has 0 bridgehead atoms. The van der Waals surface area contributed by atoms with Gasteiger partial charge in [-0.2, -0.15) is 0 Å². The second-order valence-corrected chi connectivity index (χ2v) is 9.08. The summed E-state index contributed by atoms with van der Waals surface area (Å²) in [7, 11) is 1.63. The fourth-order valence-corrected chi connectivity index (χ4v) is 4.84. The Labute approximate surface area is 205 Å². The van der Waals surface area contributed by atoms with E-state index in [4.69, 9.17) is 17.0 Å². The molecule has 9 heteroatoms. The minimum Gasteiger partial charge on any atom is -0.497 e. The molecule has 0 saturated carbocycles. The number of thiocarbonyl (C=S) groups is 1. The maximum atomic E-state index is 12.5. The van der Waals surface area contributed by atoms with E-state index in [1.54, 1.807) is 7.11 Å². The van der Waals surface area contributed by atoms with Crippen LogP contribution in [-0.2, 0) is 16.1 Å². The van der Waals surface area contributed by atoms with E-state index in [1.165, 1.54) is 0 Å². The van der Waals surface area contributed by atoms with Gasteiger partial charge in [-0.15, -0.1) is 0 Å². The highest BCUT2D eigenvalue weighted by Gasteiger charge is 2.43. The summed E-state index contributed by atoms with van der Waals surface area (Å²) in [6.45, 7) is 1.75. The largest absolute Gasteiger partial charge is 0.497 e. The van der Waals surface area contributed by atoms with Crippen molar-refractivity contribution in [3.63, 3.8) is 0 Å². The lowest BCUT2D eigenvalue weighted by atomic mass is 10.0. The molecule has 34 heavy (non-hydrogen) atoms. The first-order valence-electron chi connectivity index (χ1n) is 11.6. The van der Waals surface area contributed by atoms with Gasteiger partial charge in [0.2, 0.25) is 11.8 Å². The molecule has 8 nitrogen and oxygen atoms in total. The Balaban J connectivity index is 1.24. The lowest BCUT2D eigenvalue weighted by Gasteiger charge is -2.37. The van der Waals surface area contributed by atoms with Gasteiger partial charge in [-0.3, -0.25) is 14.5 Å². The standard InChI is InChI=1S/C25H31N5O3S/c1-33-21-10-7-17(8-11-21)14-26-23(31)12-9-20-15-27-24(32)22-13-19(16-30(20)22)29-25(34)28-18-5-3-2-4-6-18/h2-8,10-11,19-20,22H,9,12-16H2,1H3,(H,26,31)(H,27,32)(H2,28,29,34). The fraction of sp³-hybridized carbons (Fsp3) is 0.400. The van der Waals surface area contributed by atoms with Crippen molar-refractivity contribution in [3.05, 3.63) is 60.2 Å². The van der Waals surface area contributed by atoms with Crippen molar-refractivity contribution >= 4 is 34.8 Å². The van der Waals surface area contributed by atoms with Crippen LogP contribution in [0, 0.1) is 0 Å². The van der Waals surface area contributed by atoms with Gasteiger partial charge < -0.3 is 26.0 Å². The van der Waals surface area contributed by atoms with Crippen LogP contribution >= 0.6 is 12.2 Å². The number of anilines is 1. The summed E-state index contributed by atoms with van der Waals surface area (Å²) in [4.78, 5) is 27.1. The number of para-hydroxylation sites is 1. The van der Waals surface area contributed by atoms with Crippen LogP contribution in [0.15, 0.2) is 54.6 Å². The monoisotopic (exact) mass is 481 g/mol. The first-order chi connectivity index (χ1) is 16.5. The number of hydrogen-bond donors (Lipinski definition) is 4. The van der Waals surface area contributed by atoms with Gasteiger partial charge in [0, 0.05) is 43.8 Å². The molecule has 4 N–H and O–H groups in total. The third kappa shape index (κ3) is 6.24. The highest BCUT2D eigenvalue weighted by atomic mass is 32.1. The second kappa shape index (κ2) is 11.3. The molecule has 0 spiro atoms. The number of amides is 2. The van der Waals surface area contributed by atoms with Gasteiger partial charge in [-0.05, 0) is 54.9 Å². The molecular formula is C25H31N5O3S. The molecule has 2 aliphatic rings. The lowest BCUT2D eigenvalue weighted by molar-refractivity contribution is -0.129. The van der Waals surface area contributed by atoms with Gasteiger partial charge >= 0.3 is 0 Å². The van der Waals surface area contributed by atoms with Crippen LogP contribution < -0.4 is 26.0 Å². The van der Waals surface area contributed by atoms with Crippen molar-refractivity contribution in [2.75, 3.05) is 25.5 Å². The first kappa shape index (κ1) is 24.0. The Bertz CT molecular complexity index is 1000. The topological polar surface area (TPSA) is 94.7 Å². The summed E-state index contributed by atoms with van der Waals surface area (Å²) in [5.41, 5.74) is 1.94. The Hall–Kier alpha value is -3.17. The van der Waals surface area contributed by atoms with Crippen LogP contribution in [0.1, 0.15) is 24.8 Å². The Morgan fingerprint density at radius 3 is 2.68 bits per heavy atom. The number of benzene rings is 2. The normalized spacial score (nSPS) is 21.8. The molecule has 180 valence electrons. The third-order valence-corrected chi connectivity index (χ3v) is 6.56. The number of nitrogens with zero attached hydrogens (tertiary/aromatic N) is 1. The van der Waals surface area contributed by atoms with Gasteiger partial charge in [0.25, 0.3) is 0 Å². The predicted octanol–water partition coefficient (Wildman–Crippen LogP) is 2.02. The van der Waals surface area contributed by atoms with Crippen LogP contribution in [-0.4, -0.2) is 60.2 Å². The maximum absolute atomic E-state index is 12.5. The van der Waals surface area contributed by atoms with E-state index in [-0.39, 0.29) is 29.9 Å². The van der Waals surface area contributed by atoms with Crippen LogP contribution in [0.25, 0.3) is 0 Å². The highest BCUT2D eigenvalue weighted by Crippen LogP contribution is 2.26. The summed E-state index contributed by atoms with van der Waals surface area (Å²) < 4.78 is 5.16. The molecule has 2 fully saturated rings. The molecule has 4 rings (SSSR count). The van der Waals surface area contributed by atoms with Crippen LogP contribution in [0.3, 0.4) is 0 Å². The van der Waals surface area contributed by atoms with Gasteiger partial charge in [0.05, 0.1) is 13.2 Å². The van der Waals surface area contributed by atoms with E-state index in [0.29, 0.717) is 44.0 Å². The zero-order valence-electron chi connectivity index (χ0n) is 19.3. The van der Waals surface area contributed by atoms with Gasteiger partial charge in [-0.25, -0.2) is 0 Å². The van der Waals surface area contributed by atoms with E-state index >= 15 is 0 Å². The van der Waals surface area contributed by atoms with Crippen molar-refractivity contribution in [1.82, 2.24) is 20.9 Å². The van der Waals surface area contributed by atoms with Gasteiger partial charge in [0.1, 0.15) is 5.75 Å². The van der Waals surface area contributed by atoms with E-state index in [0.717, 1.165) is 17.0 Å². The first-order valence-corrected chi connectivity index (χ1v) is 12.0. The Morgan fingerprint density at radius 2 is 1.94 bits per heavy atom. The fourth-order valence-electron chi connectivity index (χ4n) is 4.55. The Kier molecular flexibility index (Phi) is 7.97. The van der Waals surface area contributed by atoms with Gasteiger partial charge in [0.15, 0.2) is 5.11 Å². The summed E-state index contributed by atoms with van der Waals surface area (Å²) in [6.07, 6.45) is 1.78. The molecule has 2 aromatic carbocycles. The number of piperazine rings is 1. The zero-order chi connectivity index (χ0) is 23.9. The van der Waals surface area contributed by atoms with E-state index in [9.17, 15) is 9.59 Å². The zero-order valence-corrected chi connectivity index (χ0v) is 20.1. The minimum absolute atomic E-state index is 0.00591. The highest BCUT2D eigenvalue weighted by molar-refractivity contribution is 7.80. The molecule has 2 saturated heterocycles. The lowest BCUT2D eigenvalue weighted by Crippen LogP contribution is -2.58. The van der Waals surface area contributed by atoms with Crippen LogP contribution in [0.4, 0.5) is 5.69 Å². The molecule has 2 aromatic rings. The average molecular weight is 482 g/mol. The maximum Gasteiger partial charge on any atom is 0.237 e. The third-order valence-electron chi connectivity index (χ3n) is 6.34. The molecule has 2 amide bonds. The van der Waals surface area contributed by atoms with E-state index in [1.807, 2.05) is 54.6 Å². The molecule has 0 radical (unpaired) electrons. The predicted molar refractivity (Wildman–Crippen MR) is 136 cm³/mol. The number of rotatable bonds is 8. The van der Waals surface area contributed by atoms with Crippen molar-refractivity contribution < 1.29 is 14.3 Å². The average Bonchev–Trinajstić information content (AvgIpc) is 3.27. The van der Waals surface area contributed by atoms with Crippen LogP contribution in [0.2, 0.25) is 0 Å². The molecule has 2 aliphatic heterocycles. The summed E-state index contributed by atoms with van der Waals surface area (Å²) in [5, 5.41) is 13.1. The quantitative estimate of drug-likeness (QED) is 0.429. The number of carbonyl (C=O) groups excluding carboxylic acids is 2. The molecule has 3 atom stereocenters. The van der Waals surface area contributed by atoms with E-state index < -0.39 is 0 Å². The number of carbonyl (C=O) groups is 2. The number of ether oxygens (including phenoxy) is 1. The number of nitrogens with one attached hydrogen (secondary N) is 4. The number of hydrogen-bond acceptors (Lipinski definition) is 5. The molecule has 2 heterocycles. The molecule has 0 aromatic heterocycles. The van der Waals surface area contributed by atoms with Gasteiger partial charge in [-0.1, -0.05) is 30.3 Å². The second-order valence-electron chi connectivity index (χ2n) is 8.67. The van der Waals surface area contributed by atoms with Crippen LogP contribution in [0.5, 0.6) is 5.75 Å². The Morgan fingerprint density at radius 1 is 1.18 bits per heavy atom. The summed E-state index contributed by atoms with van der Waals surface area (Å²) in [5.74, 6) is 0.844. The molecule has 3 unspecified atom stereocenters. The van der Waals surface area contributed by atoms with Crippen molar-refractivity contribution in [3.8, 4) is 5.75 Å². The van der Waals surface area contributed by atoms with Crippen molar-refractivity contribution in [1.29, 1.82) is 0 Å². The SMILES string of the molecule is COc1ccc(CNC(=O)CCC2CNC(=O)C3CC(NC(=S)Nc4ccccc4)CN23)cc1. The van der Waals surface area contributed by atoms with E-state index in [2.05, 4.69) is 26.2 Å². The molecular weight excluding hydrogens is 450 g/mol.